The number of carbonyl (C=O) groups is 4. The van der Waals surface area contributed by atoms with Crippen LogP contribution in [0.5, 0.6) is 0 Å². The van der Waals surface area contributed by atoms with Crippen LogP contribution in [0.2, 0.25) is 0 Å². The minimum absolute atomic E-state index is 0.497. The molecule has 0 heterocycles. The van der Waals surface area contributed by atoms with Gasteiger partial charge in [-0.05, 0) is 12.8 Å². The number of ketones is 2. The predicted octanol–water partition coefficient (Wildman–Crippen LogP) is 1.12. The van der Waals surface area contributed by atoms with Crippen molar-refractivity contribution >= 4 is 23.5 Å². The molecule has 0 saturated carbocycles. The molecule has 0 aliphatic carbocycles. The number of halogens is 3. The minimum atomic E-state index is -4.78. The number of rotatable bonds is 7. The summed E-state index contributed by atoms with van der Waals surface area (Å²) in [6.45, 7) is 1.89. The van der Waals surface area contributed by atoms with Crippen LogP contribution < -0.4 is 0 Å². The van der Waals surface area contributed by atoms with E-state index in [-0.39, 0.29) is 0 Å². The van der Waals surface area contributed by atoms with Crippen LogP contribution in [0.25, 0.3) is 0 Å². The van der Waals surface area contributed by atoms with E-state index in [0.29, 0.717) is 6.92 Å². The Hall–Kier alpha value is -1.93. The van der Waals surface area contributed by atoms with Crippen LogP contribution in [0, 0.1) is 5.92 Å². The van der Waals surface area contributed by atoms with Crippen molar-refractivity contribution < 1.29 is 42.2 Å². The summed E-state index contributed by atoms with van der Waals surface area (Å²) < 4.78 is 40.2. The number of hydrogen-bond donors (Lipinski definition) is 1. The number of aliphatic carboxylic acids is 1. The third-order valence-corrected chi connectivity index (χ3v) is 2.28. The zero-order valence-electron chi connectivity index (χ0n) is 10.7. The van der Waals surface area contributed by atoms with Gasteiger partial charge in [0.15, 0.2) is 6.10 Å². The average molecular weight is 298 g/mol. The summed E-state index contributed by atoms with van der Waals surface area (Å²) in [4.78, 5) is 43.4. The van der Waals surface area contributed by atoms with Gasteiger partial charge in [0, 0.05) is 12.8 Å². The molecule has 2 unspecified atom stereocenters. The lowest BCUT2D eigenvalue weighted by Crippen LogP contribution is -2.34. The van der Waals surface area contributed by atoms with E-state index in [1.54, 1.807) is 0 Å². The van der Waals surface area contributed by atoms with Crippen molar-refractivity contribution in [3.05, 3.63) is 0 Å². The largest absolute Gasteiger partial charge is 0.476 e. The minimum Gasteiger partial charge on any atom is -0.476 e. The van der Waals surface area contributed by atoms with E-state index in [2.05, 4.69) is 4.74 Å². The molecule has 1 N–H and O–H groups in total. The van der Waals surface area contributed by atoms with Gasteiger partial charge in [0.1, 0.15) is 0 Å². The van der Waals surface area contributed by atoms with Crippen molar-refractivity contribution in [2.45, 2.75) is 39.0 Å². The summed E-state index contributed by atoms with van der Waals surface area (Å²) >= 11 is 0. The van der Waals surface area contributed by atoms with Crippen LogP contribution in [0.4, 0.5) is 13.2 Å². The lowest BCUT2D eigenvalue weighted by Gasteiger charge is -2.16. The summed E-state index contributed by atoms with van der Waals surface area (Å²) in [5.41, 5.74) is 0. The summed E-state index contributed by atoms with van der Waals surface area (Å²) in [5.74, 6) is -6.53. The number of carboxylic acids is 1. The highest BCUT2D eigenvalue weighted by molar-refractivity contribution is 6.34. The van der Waals surface area contributed by atoms with Crippen LogP contribution in [0.1, 0.15) is 26.7 Å². The Morgan fingerprint density at radius 1 is 1.05 bits per heavy atom. The molecule has 0 aromatic heterocycles. The SMILES string of the molecule is CC(CC(=O)C(=O)O)CC(=O)C(=O)OC(C)C(F)(F)F. The fraction of sp³-hybridized carbons (Fsp3) is 0.636. The Bertz CT molecular complexity index is 415. The van der Waals surface area contributed by atoms with E-state index in [4.69, 9.17) is 5.11 Å². The van der Waals surface area contributed by atoms with E-state index >= 15 is 0 Å². The van der Waals surface area contributed by atoms with Gasteiger partial charge in [-0.2, -0.15) is 13.2 Å². The summed E-state index contributed by atoms with van der Waals surface area (Å²) in [5, 5.41) is 8.33. The Labute approximate surface area is 111 Å². The van der Waals surface area contributed by atoms with Gasteiger partial charge in [0.05, 0.1) is 0 Å². The molecular formula is C11H13F3O6. The van der Waals surface area contributed by atoms with E-state index in [9.17, 15) is 32.3 Å². The standard InChI is InChI=1S/C11H13F3O6/c1-5(3-7(15)9(17)18)4-8(16)10(19)20-6(2)11(12,13)14/h5-6H,3-4H2,1-2H3,(H,17,18). The fourth-order valence-corrected chi connectivity index (χ4v) is 1.17. The second-order valence-corrected chi connectivity index (χ2v) is 4.25. The number of carboxylic acid groups (broad SMARTS) is 1. The number of esters is 1. The third-order valence-electron chi connectivity index (χ3n) is 2.28. The Balaban J connectivity index is 4.37. The molecule has 0 radical (unpaired) electrons. The first-order valence-electron chi connectivity index (χ1n) is 5.51. The van der Waals surface area contributed by atoms with E-state index in [1.165, 1.54) is 6.92 Å². The molecule has 0 fully saturated rings. The molecule has 0 rings (SSSR count). The number of carbonyl (C=O) groups excluding carboxylic acids is 3. The maximum atomic E-state index is 12.1. The number of ether oxygens (including phenoxy) is 1. The molecule has 0 spiro atoms. The smallest absolute Gasteiger partial charge is 0.425 e. The highest BCUT2D eigenvalue weighted by atomic mass is 19.4. The third kappa shape index (κ3) is 6.30. The Morgan fingerprint density at radius 2 is 1.50 bits per heavy atom. The molecule has 20 heavy (non-hydrogen) atoms. The molecule has 0 bridgehead atoms. The van der Waals surface area contributed by atoms with Crippen LogP contribution in [-0.2, 0) is 23.9 Å². The summed E-state index contributed by atoms with van der Waals surface area (Å²) in [6.07, 6.45) is -8.26. The first-order valence-corrected chi connectivity index (χ1v) is 5.51. The van der Waals surface area contributed by atoms with Gasteiger partial charge in [-0.3, -0.25) is 9.59 Å². The molecular weight excluding hydrogens is 285 g/mol. The predicted molar refractivity (Wildman–Crippen MR) is 57.7 cm³/mol. The lowest BCUT2D eigenvalue weighted by molar-refractivity contribution is -0.215. The molecule has 0 aromatic rings. The molecule has 114 valence electrons. The molecule has 0 aliphatic rings. The molecule has 0 saturated heterocycles. The zero-order valence-corrected chi connectivity index (χ0v) is 10.7. The lowest BCUT2D eigenvalue weighted by atomic mass is 9.98. The van der Waals surface area contributed by atoms with Gasteiger partial charge in [0.25, 0.3) is 0 Å². The molecule has 0 aromatic carbocycles. The molecule has 0 aliphatic heterocycles. The van der Waals surface area contributed by atoms with Crippen molar-refractivity contribution in [1.29, 1.82) is 0 Å². The van der Waals surface area contributed by atoms with Gasteiger partial charge >= 0.3 is 18.1 Å². The van der Waals surface area contributed by atoms with Crippen molar-refractivity contribution in [3.63, 3.8) is 0 Å². The maximum absolute atomic E-state index is 12.1. The first-order chi connectivity index (χ1) is 8.95. The quantitative estimate of drug-likeness (QED) is 0.558. The molecule has 2 atom stereocenters. The second-order valence-electron chi connectivity index (χ2n) is 4.25. The Kier molecular flexibility index (Phi) is 6.34. The molecule has 0 amide bonds. The highest BCUT2D eigenvalue weighted by Crippen LogP contribution is 2.22. The van der Waals surface area contributed by atoms with Gasteiger partial charge in [-0.15, -0.1) is 0 Å². The first kappa shape index (κ1) is 18.1. The summed E-state index contributed by atoms with van der Waals surface area (Å²) in [7, 11) is 0. The van der Waals surface area contributed by atoms with Crippen molar-refractivity contribution in [1.82, 2.24) is 0 Å². The van der Waals surface area contributed by atoms with Crippen LogP contribution in [-0.4, -0.2) is 40.9 Å². The maximum Gasteiger partial charge on any atom is 0.425 e. The monoisotopic (exact) mass is 298 g/mol. The van der Waals surface area contributed by atoms with E-state index in [0.717, 1.165) is 0 Å². The number of Topliss-reactive ketones (excluding diaryl/α,β-unsaturated/α-hetero) is 2. The number of hydrogen-bond acceptors (Lipinski definition) is 5. The van der Waals surface area contributed by atoms with Gasteiger partial charge in [-0.25, -0.2) is 9.59 Å². The Morgan fingerprint density at radius 3 is 1.90 bits per heavy atom. The van der Waals surface area contributed by atoms with Crippen molar-refractivity contribution in [3.8, 4) is 0 Å². The van der Waals surface area contributed by atoms with Crippen LogP contribution in [0.15, 0.2) is 0 Å². The summed E-state index contributed by atoms with van der Waals surface area (Å²) in [6, 6.07) is 0. The van der Waals surface area contributed by atoms with Gasteiger partial charge in [-0.1, -0.05) is 6.92 Å². The second kappa shape index (κ2) is 7.01. The van der Waals surface area contributed by atoms with E-state index < -0.39 is 54.5 Å². The topological polar surface area (TPSA) is 97.7 Å². The highest BCUT2D eigenvalue weighted by Gasteiger charge is 2.40. The number of alkyl halides is 3. The normalized spacial score (nSPS) is 14.2. The van der Waals surface area contributed by atoms with Gasteiger partial charge < -0.3 is 9.84 Å². The zero-order chi connectivity index (χ0) is 16.1. The average Bonchev–Trinajstić information content (AvgIpc) is 2.26. The van der Waals surface area contributed by atoms with Crippen molar-refractivity contribution in [2.75, 3.05) is 0 Å². The van der Waals surface area contributed by atoms with E-state index in [1.807, 2.05) is 0 Å². The fourth-order valence-electron chi connectivity index (χ4n) is 1.17. The van der Waals surface area contributed by atoms with Gasteiger partial charge in [0.2, 0.25) is 11.6 Å². The van der Waals surface area contributed by atoms with Crippen LogP contribution in [0.3, 0.4) is 0 Å². The molecule has 9 heteroatoms. The van der Waals surface area contributed by atoms with Crippen molar-refractivity contribution in [2.24, 2.45) is 5.92 Å². The van der Waals surface area contributed by atoms with Crippen LogP contribution >= 0.6 is 0 Å². The molecule has 6 nitrogen and oxygen atoms in total.